The van der Waals surface area contributed by atoms with Crippen LogP contribution in [-0.2, 0) is 9.53 Å². The fourth-order valence-electron chi connectivity index (χ4n) is 2.40. The zero-order valence-electron chi connectivity index (χ0n) is 11.6. The summed E-state index contributed by atoms with van der Waals surface area (Å²) in [7, 11) is 3.01. The van der Waals surface area contributed by atoms with Crippen LogP contribution < -0.4 is 0 Å². The summed E-state index contributed by atoms with van der Waals surface area (Å²) >= 11 is 0. The first kappa shape index (κ1) is 15.7. The molecule has 1 fully saturated rings. The Morgan fingerprint density at radius 2 is 2.16 bits per heavy atom. The van der Waals surface area contributed by atoms with E-state index in [-0.39, 0.29) is 25.1 Å². The van der Waals surface area contributed by atoms with E-state index in [0.29, 0.717) is 13.0 Å². The number of carboxylic acids is 1. The molecule has 3 unspecified atom stereocenters. The van der Waals surface area contributed by atoms with Gasteiger partial charge >= 0.3 is 12.0 Å². The van der Waals surface area contributed by atoms with Crippen molar-refractivity contribution in [3.8, 4) is 0 Å². The molecule has 0 saturated carbocycles. The van der Waals surface area contributed by atoms with Crippen LogP contribution in [0, 0.1) is 5.92 Å². The van der Waals surface area contributed by atoms with Crippen molar-refractivity contribution in [3.63, 3.8) is 0 Å². The topological polar surface area (TPSA) is 90.3 Å². The number of carbonyl (C=O) groups excluding carboxylic acids is 1. The number of urea groups is 1. The number of carbonyl (C=O) groups is 2. The summed E-state index contributed by atoms with van der Waals surface area (Å²) in [5.41, 5.74) is 0. The van der Waals surface area contributed by atoms with Gasteiger partial charge in [-0.1, -0.05) is 6.92 Å². The number of hydrogen-bond donors (Lipinski definition) is 2. The van der Waals surface area contributed by atoms with Crippen molar-refractivity contribution in [2.45, 2.75) is 25.5 Å². The molecule has 0 aromatic carbocycles. The molecule has 1 saturated heterocycles. The highest BCUT2D eigenvalue weighted by Crippen LogP contribution is 2.25. The molecule has 0 aromatic rings. The lowest BCUT2D eigenvalue weighted by Gasteiger charge is -2.29. The van der Waals surface area contributed by atoms with Gasteiger partial charge in [0.2, 0.25) is 0 Å². The Morgan fingerprint density at radius 3 is 2.68 bits per heavy atom. The fourth-order valence-corrected chi connectivity index (χ4v) is 2.40. The second kappa shape index (κ2) is 6.72. The van der Waals surface area contributed by atoms with E-state index in [2.05, 4.69) is 0 Å². The summed E-state index contributed by atoms with van der Waals surface area (Å²) < 4.78 is 4.79. The monoisotopic (exact) mass is 274 g/mol. The Labute approximate surface area is 112 Å². The van der Waals surface area contributed by atoms with Crippen molar-refractivity contribution in [3.05, 3.63) is 0 Å². The molecule has 0 spiro atoms. The van der Waals surface area contributed by atoms with Gasteiger partial charge in [0.05, 0.1) is 19.3 Å². The molecule has 7 nitrogen and oxygen atoms in total. The Hall–Kier alpha value is -1.34. The van der Waals surface area contributed by atoms with E-state index in [1.165, 1.54) is 16.9 Å². The zero-order chi connectivity index (χ0) is 14.6. The third-order valence-corrected chi connectivity index (χ3v) is 3.37. The van der Waals surface area contributed by atoms with E-state index < -0.39 is 18.1 Å². The molecule has 0 bridgehead atoms. The smallest absolute Gasteiger partial charge is 0.326 e. The quantitative estimate of drug-likeness (QED) is 0.727. The highest BCUT2D eigenvalue weighted by molar-refractivity contribution is 5.83. The number of rotatable bonds is 5. The Morgan fingerprint density at radius 1 is 1.53 bits per heavy atom. The van der Waals surface area contributed by atoms with Crippen LogP contribution in [0.1, 0.15) is 13.3 Å². The first-order valence-corrected chi connectivity index (χ1v) is 6.30. The number of aliphatic hydroxyl groups is 1. The van der Waals surface area contributed by atoms with Crippen molar-refractivity contribution < 1.29 is 24.5 Å². The number of amides is 2. The van der Waals surface area contributed by atoms with Crippen molar-refractivity contribution in [1.29, 1.82) is 0 Å². The first-order valence-electron chi connectivity index (χ1n) is 6.30. The van der Waals surface area contributed by atoms with Gasteiger partial charge in [0.1, 0.15) is 6.04 Å². The number of aliphatic carboxylic acids is 1. The number of carboxylic acid groups (broad SMARTS) is 1. The molecule has 2 N–H and O–H groups in total. The minimum Gasteiger partial charge on any atom is -0.480 e. The van der Waals surface area contributed by atoms with Gasteiger partial charge in [0, 0.05) is 20.7 Å². The molecule has 110 valence electrons. The van der Waals surface area contributed by atoms with Crippen LogP contribution in [0.5, 0.6) is 0 Å². The molecule has 19 heavy (non-hydrogen) atoms. The third kappa shape index (κ3) is 3.81. The van der Waals surface area contributed by atoms with Gasteiger partial charge in [-0.05, 0) is 12.3 Å². The first-order chi connectivity index (χ1) is 8.88. The van der Waals surface area contributed by atoms with Crippen molar-refractivity contribution in [2.24, 2.45) is 5.92 Å². The summed E-state index contributed by atoms with van der Waals surface area (Å²) in [6.45, 7) is 2.51. The van der Waals surface area contributed by atoms with E-state index in [0.717, 1.165) is 0 Å². The van der Waals surface area contributed by atoms with Crippen LogP contribution in [0.4, 0.5) is 4.79 Å². The second-order valence-electron chi connectivity index (χ2n) is 5.01. The van der Waals surface area contributed by atoms with Gasteiger partial charge in [-0.3, -0.25) is 0 Å². The molecule has 0 aliphatic carbocycles. The maximum Gasteiger partial charge on any atom is 0.326 e. The molecule has 0 radical (unpaired) electrons. The van der Waals surface area contributed by atoms with E-state index in [1.807, 2.05) is 6.92 Å². The SMILES string of the molecule is COCC(O)CN(C)C(=O)N1CCC(C)C1C(=O)O. The summed E-state index contributed by atoms with van der Waals surface area (Å²) in [5.74, 6) is -1.04. The number of methoxy groups -OCH3 is 1. The molecular weight excluding hydrogens is 252 g/mol. The van der Waals surface area contributed by atoms with Crippen molar-refractivity contribution in [2.75, 3.05) is 33.9 Å². The summed E-state index contributed by atoms with van der Waals surface area (Å²) in [4.78, 5) is 26.1. The van der Waals surface area contributed by atoms with Gasteiger partial charge in [-0.25, -0.2) is 9.59 Å². The Bertz CT molecular complexity index is 336. The zero-order valence-corrected chi connectivity index (χ0v) is 11.6. The maximum atomic E-state index is 12.2. The molecule has 3 atom stereocenters. The van der Waals surface area contributed by atoms with Gasteiger partial charge in [0.15, 0.2) is 0 Å². The van der Waals surface area contributed by atoms with Crippen LogP contribution in [0.3, 0.4) is 0 Å². The number of aliphatic hydroxyl groups excluding tert-OH is 1. The maximum absolute atomic E-state index is 12.2. The highest BCUT2D eigenvalue weighted by atomic mass is 16.5. The van der Waals surface area contributed by atoms with Crippen LogP contribution >= 0.6 is 0 Å². The minimum atomic E-state index is -0.982. The largest absolute Gasteiger partial charge is 0.480 e. The van der Waals surface area contributed by atoms with Crippen molar-refractivity contribution >= 4 is 12.0 Å². The lowest BCUT2D eigenvalue weighted by Crippen LogP contribution is -2.50. The van der Waals surface area contributed by atoms with E-state index in [4.69, 9.17) is 9.84 Å². The normalized spacial score (nSPS) is 24.3. The second-order valence-corrected chi connectivity index (χ2v) is 5.01. The third-order valence-electron chi connectivity index (χ3n) is 3.37. The van der Waals surface area contributed by atoms with Crippen molar-refractivity contribution in [1.82, 2.24) is 9.80 Å². The summed E-state index contributed by atoms with van der Waals surface area (Å²) in [6.07, 6.45) is -0.0979. The lowest BCUT2D eigenvalue weighted by molar-refractivity contribution is -0.142. The van der Waals surface area contributed by atoms with E-state index in [9.17, 15) is 14.7 Å². The van der Waals surface area contributed by atoms with E-state index >= 15 is 0 Å². The molecule has 2 amide bonds. The van der Waals surface area contributed by atoms with Crippen LogP contribution in [0.25, 0.3) is 0 Å². The standard InChI is InChI=1S/C12H22N2O5/c1-8-4-5-14(10(8)11(16)17)12(18)13(2)6-9(15)7-19-3/h8-10,15H,4-7H2,1-3H3,(H,16,17). The van der Waals surface area contributed by atoms with Crippen LogP contribution in [0.2, 0.25) is 0 Å². The average Bonchev–Trinajstić information content (AvgIpc) is 2.70. The summed E-state index contributed by atoms with van der Waals surface area (Å²) in [5, 5.41) is 18.8. The Kier molecular flexibility index (Phi) is 5.56. The number of hydrogen-bond acceptors (Lipinski definition) is 4. The van der Waals surface area contributed by atoms with Crippen LogP contribution in [-0.4, -0.2) is 78.0 Å². The number of likely N-dealkylation sites (N-methyl/N-ethyl adjacent to an activating group) is 1. The van der Waals surface area contributed by atoms with Gasteiger partial charge in [-0.2, -0.15) is 0 Å². The average molecular weight is 274 g/mol. The molecule has 0 aromatic heterocycles. The number of likely N-dealkylation sites (tertiary alicyclic amines) is 1. The Balaban J connectivity index is 2.63. The predicted molar refractivity (Wildman–Crippen MR) is 67.8 cm³/mol. The molecule has 1 rings (SSSR count). The molecule has 7 heteroatoms. The molecule has 1 heterocycles. The van der Waals surface area contributed by atoms with Gasteiger partial charge in [-0.15, -0.1) is 0 Å². The molecule has 1 aliphatic heterocycles. The van der Waals surface area contributed by atoms with Gasteiger partial charge < -0.3 is 24.7 Å². The molecule has 1 aliphatic rings. The lowest BCUT2D eigenvalue weighted by atomic mass is 10.0. The fraction of sp³-hybridized carbons (Fsp3) is 0.833. The van der Waals surface area contributed by atoms with Gasteiger partial charge in [0.25, 0.3) is 0 Å². The van der Waals surface area contributed by atoms with Crippen LogP contribution in [0.15, 0.2) is 0 Å². The highest BCUT2D eigenvalue weighted by Gasteiger charge is 2.40. The van der Waals surface area contributed by atoms with E-state index in [1.54, 1.807) is 7.05 Å². The predicted octanol–water partition coefficient (Wildman–Crippen LogP) is -0.159. The molecular formula is C12H22N2O5. The minimum absolute atomic E-state index is 0.0567. The summed E-state index contributed by atoms with van der Waals surface area (Å²) in [6, 6.07) is -1.15. The number of ether oxygens (including phenoxy) is 1. The number of nitrogens with zero attached hydrogens (tertiary/aromatic N) is 2.